The molecule has 0 saturated heterocycles. The van der Waals surface area contributed by atoms with E-state index in [-0.39, 0.29) is 0 Å². The normalized spacial score (nSPS) is 12.3. The number of allylic oxidation sites excluding steroid dienone is 4. The van der Waals surface area contributed by atoms with Crippen molar-refractivity contribution in [3.63, 3.8) is 0 Å². The summed E-state index contributed by atoms with van der Waals surface area (Å²) in [5.41, 5.74) is 5.89. The monoisotopic (exact) mass is 167 g/mol. The molecule has 70 valence electrons. The van der Waals surface area contributed by atoms with Crippen molar-refractivity contribution in [2.45, 2.75) is 45.6 Å². The molecule has 0 heterocycles. The van der Waals surface area contributed by atoms with Crippen molar-refractivity contribution in [2.24, 2.45) is 5.73 Å². The smallest absolute Gasteiger partial charge is 0.00447 e. The molecule has 0 saturated carbocycles. The molecular formula is C11H21N. The van der Waals surface area contributed by atoms with E-state index in [4.69, 9.17) is 5.73 Å². The zero-order valence-corrected chi connectivity index (χ0v) is 8.29. The van der Waals surface area contributed by atoms with Crippen LogP contribution in [0.5, 0.6) is 0 Å². The van der Waals surface area contributed by atoms with E-state index in [1.54, 1.807) is 0 Å². The topological polar surface area (TPSA) is 26.0 Å². The van der Waals surface area contributed by atoms with Crippen LogP contribution < -0.4 is 5.73 Å². The van der Waals surface area contributed by atoms with Crippen LogP contribution in [0.2, 0.25) is 0 Å². The van der Waals surface area contributed by atoms with Crippen LogP contribution in [0.4, 0.5) is 0 Å². The third-order valence-corrected chi connectivity index (χ3v) is 1.88. The summed E-state index contributed by atoms with van der Waals surface area (Å²) in [5, 5.41) is 0. The third-order valence-electron chi connectivity index (χ3n) is 1.88. The van der Waals surface area contributed by atoms with Gasteiger partial charge in [-0.2, -0.15) is 0 Å². The Balaban J connectivity index is 3.26. The van der Waals surface area contributed by atoms with Gasteiger partial charge in [0.1, 0.15) is 0 Å². The molecule has 1 heteroatoms. The van der Waals surface area contributed by atoms with Crippen LogP contribution in [0.25, 0.3) is 0 Å². The van der Waals surface area contributed by atoms with E-state index in [9.17, 15) is 0 Å². The molecule has 0 aliphatic heterocycles. The maximum Gasteiger partial charge on any atom is 0.00447 e. The first-order valence-corrected chi connectivity index (χ1v) is 4.79. The van der Waals surface area contributed by atoms with Crippen LogP contribution >= 0.6 is 0 Å². The van der Waals surface area contributed by atoms with Gasteiger partial charge in [-0.3, -0.25) is 0 Å². The lowest BCUT2D eigenvalue weighted by atomic mass is 10.1. The average Bonchev–Trinajstić information content (AvgIpc) is 2.06. The molecular weight excluding hydrogens is 146 g/mol. The molecule has 0 atom stereocenters. The van der Waals surface area contributed by atoms with Gasteiger partial charge in [0, 0.05) is 6.04 Å². The predicted octanol–water partition coefficient (Wildman–Crippen LogP) is 3.03. The quantitative estimate of drug-likeness (QED) is 0.605. The van der Waals surface area contributed by atoms with Crippen LogP contribution in [0, 0.1) is 0 Å². The highest BCUT2D eigenvalue weighted by molar-refractivity contribution is 4.81. The fraction of sp³-hybridized carbons (Fsp3) is 0.636. The summed E-state index contributed by atoms with van der Waals surface area (Å²) in [6.45, 7) is 4.09. The Kier molecular flexibility index (Phi) is 8.14. The minimum Gasteiger partial charge on any atom is -0.328 e. The highest BCUT2D eigenvalue weighted by Gasteiger charge is 1.98. The molecule has 1 nitrogen and oxygen atoms in total. The fourth-order valence-electron chi connectivity index (χ4n) is 1.10. The minimum absolute atomic E-state index is 0.373. The summed E-state index contributed by atoms with van der Waals surface area (Å²) in [4.78, 5) is 0. The summed E-state index contributed by atoms with van der Waals surface area (Å²) in [6.07, 6.45) is 13.0. The van der Waals surface area contributed by atoms with Gasteiger partial charge in [-0.05, 0) is 39.5 Å². The maximum absolute atomic E-state index is 5.89. The van der Waals surface area contributed by atoms with Crippen LogP contribution in [-0.4, -0.2) is 6.04 Å². The van der Waals surface area contributed by atoms with Crippen molar-refractivity contribution in [1.29, 1.82) is 0 Å². The summed E-state index contributed by atoms with van der Waals surface area (Å²) >= 11 is 0. The van der Waals surface area contributed by atoms with E-state index >= 15 is 0 Å². The third kappa shape index (κ3) is 7.55. The SMILES string of the molecule is C/C=C\CCC(N)CC/C=C\C. The molecule has 0 fully saturated rings. The lowest BCUT2D eigenvalue weighted by Gasteiger charge is -2.07. The summed E-state index contributed by atoms with van der Waals surface area (Å²) < 4.78 is 0. The Bertz CT molecular complexity index is 120. The highest BCUT2D eigenvalue weighted by Crippen LogP contribution is 2.03. The average molecular weight is 167 g/mol. The second-order valence-corrected chi connectivity index (χ2v) is 3.05. The van der Waals surface area contributed by atoms with Crippen molar-refractivity contribution >= 4 is 0 Å². The van der Waals surface area contributed by atoms with Crippen LogP contribution in [0.3, 0.4) is 0 Å². The fourth-order valence-corrected chi connectivity index (χ4v) is 1.10. The van der Waals surface area contributed by atoms with Gasteiger partial charge in [0.2, 0.25) is 0 Å². The summed E-state index contributed by atoms with van der Waals surface area (Å²) in [7, 11) is 0. The van der Waals surface area contributed by atoms with Crippen molar-refractivity contribution in [3.8, 4) is 0 Å². The second kappa shape index (κ2) is 8.54. The van der Waals surface area contributed by atoms with Gasteiger partial charge >= 0.3 is 0 Å². The molecule has 0 rings (SSSR count). The van der Waals surface area contributed by atoms with Gasteiger partial charge in [0.25, 0.3) is 0 Å². The lowest BCUT2D eigenvalue weighted by Crippen LogP contribution is -2.18. The van der Waals surface area contributed by atoms with Crippen LogP contribution in [-0.2, 0) is 0 Å². The van der Waals surface area contributed by atoms with Gasteiger partial charge in [-0.25, -0.2) is 0 Å². The molecule has 0 aromatic heterocycles. The lowest BCUT2D eigenvalue weighted by molar-refractivity contribution is 0.579. The van der Waals surface area contributed by atoms with Gasteiger partial charge in [-0.15, -0.1) is 0 Å². The molecule has 0 radical (unpaired) electrons. The molecule has 0 bridgehead atoms. The number of nitrogens with two attached hydrogens (primary N) is 1. The molecule has 0 aromatic rings. The standard InChI is InChI=1S/C11H21N/c1-3-5-7-9-11(12)10-8-6-4-2/h3-6,11H,7-10,12H2,1-2H3/b5-3-,6-4-. The van der Waals surface area contributed by atoms with Crippen molar-refractivity contribution in [2.75, 3.05) is 0 Å². The molecule has 0 unspecified atom stereocenters. The molecule has 0 aliphatic carbocycles. The van der Waals surface area contributed by atoms with E-state index in [0.717, 1.165) is 25.7 Å². The molecule has 2 N–H and O–H groups in total. The van der Waals surface area contributed by atoms with E-state index < -0.39 is 0 Å². The van der Waals surface area contributed by atoms with Crippen LogP contribution in [0.1, 0.15) is 39.5 Å². The zero-order valence-electron chi connectivity index (χ0n) is 8.29. The predicted molar refractivity (Wildman–Crippen MR) is 56.1 cm³/mol. The van der Waals surface area contributed by atoms with Crippen molar-refractivity contribution in [1.82, 2.24) is 0 Å². The van der Waals surface area contributed by atoms with E-state index in [0.29, 0.717) is 6.04 Å². The van der Waals surface area contributed by atoms with Gasteiger partial charge < -0.3 is 5.73 Å². The van der Waals surface area contributed by atoms with Crippen molar-refractivity contribution in [3.05, 3.63) is 24.3 Å². The Labute approximate surface area is 76.3 Å². The Morgan fingerprint density at radius 1 is 1.00 bits per heavy atom. The Morgan fingerprint density at radius 3 is 1.75 bits per heavy atom. The highest BCUT2D eigenvalue weighted by atomic mass is 14.6. The first-order chi connectivity index (χ1) is 5.81. The van der Waals surface area contributed by atoms with Gasteiger partial charge in [0.15, 0.2) is 0 Å². The van der Waals surface area contributed by atoms with Gasteiger partial charge in [-0.1, -0.05) is 24.3 Å². The van der Waals surface area contributed by atoms with E-state index in [2.05, 4.69) is 24.3 Å². The molecule has 0 spiro atoms. The Hall–Kier alpha value is -0.560. The van der Waals surface area contributed by atoms with E-state index in [1.807, 2.05) is 13.8 Å². The maximum atomic E-state index is 5.89. The summed E-state index contributed by atoms with van der Waals surface area (Å²) in [6, 6.07) is 0.373. The van der Waals surface area contributed by atoms with Gasteiger partial charge in [0.05, 0.1) is 0 Å². The first-order valence-electron chi connectivity index (χ1n) is 4.79. The second-order valence-electron chi connectivity index (χ2n) is 3.05. The number of rotatable bonds is 6. The van der Waals surface area contributed by atoms with Crippen molar-refractivity contribution < 1.29 is 0 Å². The molecule has 0 aliphatic rings. The number of hydrogen-bond donors (Lipinski definition) is 1. The van der Waals surface area contributed by atoms with Crippen LogP contribution in [0.15, 0.2) is 24.3 Å². The molecule has 0 amide bonds. The zero-order chi connectivity index (χ0) is 9.23. The molecule has 12 heavy (non-hydrogen) atoms. The summed E-state index contributed by atoms with van der Waals surface area (Å²) in [5.74, 6) is 0. The molecule has 0 aromatic carbocycles. The minimum atomic E-state index is 0.373. The first kappa shape index (κ1) is 11.4. The number of hydrogen-bond acceptors (Lipinski definition) is 1. The Morgan fingerprint density at radius 2 is 1.42 bits per heavy atom. The largest absolute Gasteiger partial charge is 0.328 e. The van der Waals surface area contributed by atoms with E-state index in [1.165, 1.54) is 0 Å².